The fourth-order valence-electron chi connectivity index (χ4n) is 2.59. The van der Waals surface area contributed by atoms with Crippen molar-refractivity contribution in [1.29, 1.82) is 0 Å². The van der Waals surface area contributed by atoms with Crippen molar-refractivity contribution in [2.75, 3.05) is 12.0 Å². The number of hydrogen-bond acceptors (Lipinski definition) is 3. The predicted octanol–water partition coefficient (Wildman–Crippen LogP) is 3.70. The standard InChI is InChI=1S/C13H15ClFN3S/c1-19-13(3-2-4-13)7-18-11-6-9(15)8(14)5-10(11)17-12(18)16/h5-6H,2-4,7H2,1H3,(H2,16,17). The van der Waals surface area contributed by atoms with Crippen LogP contribution in [-0.2, 0) is 6.54 Å². The molecule has 19 heavy (non-hydrogen) atoms. The highest BCUT2D eigenvalue weighted by molar-refractivity contribution is 8.00. The highest BCUT2D eigenvalue weighted by atomic mass is 35.5. The van der Waals surface area contributed by atoms with Gasteiger partial charge in [0.1, 0.15) is 5.82 Å². The van der Waals surface area contributed by atoms with Gasteiger partial charge in [0.15, 0.2) is 0 Å². The second-order valence-corrected chi connectivity index (χ2v) is 6.73. The largest absolute Gasteiger partial charge is 0.369 e. The molecule has 0 spiro atoms. The van der Waals surface area contributed by atoms with E-state index in [1.165, 1.54) is 31.4 Å². The first-order valence-corrected chi connectivity index (χ1v) is 7.81. The van der Waals surface area contributed by atoms with Gasteiger partial charge in [0.25, 0.3) is 0 Å². The summed E-state index contributed by atoms with van der Waals surface area (Å²) in [5.74, 6) is -0.000815. The number of halogens is 2. The van der Waals surface area contributed by atoms with Gasteiger partial charge in [0.2, 0.25) is 5.95 Å². The van der Waals surface area contributed by atoms with Crippen molar-refractivity contribution in [3.05, 3.63) is 23.0 Å². The molecule has 102 valence electrons. The van der Waals surface area contributed by atoms with Crippen LogP contribution >= 0.6 is 23.4 Å². The van der Waals surface area contributed by atoms with Crippen molar-refractivity contribution in [2.24, 2.45) is 0 Å². The summed E-state index contributed by atoms with van der Waals surface area (Å²) >= 11 is 7.64. The molecule has 1 aliphatic carbocycles. The molecule has 0 atom stereocenters. The maximum Gasteiger partial charge on any atom is 0.201 e. The zero-order chi connectivity index (χ0) is 13.6. The van der Waals surface area contributed by atoms with Crippen LogP contribution < -0.4 is 5.73 Å². The van der Waals surface area contributed by atoms with E-state index >= 15 is 0 Å². The highest BCUT2D eigenvalue weighted by Crippen LogP contribution is 2.45. The average molecular weight is 300 g/mol. The molecular formula is C13H15ClFN3S. The first kappa shape index (κ1) is 13.1. The van der Waals surface area contributed by atoms with Gasteiger partial charge < -0.3 is 10.3 Å². The summed E-state index contributed by atoms with van der Waals surface area (Å²) in [6.07, 6.45) is 5.70. The molecule has 0 amide bonds. The number of nitrogens with two attached hydrogens (primary N) is 1. The molecule has 1 aliphatic rings. The first-order chi connectivity index (χ1) is 9.04. The van der Waals surface area contributed by atoms with E-state index in [-0.39, 0.29) is 9.77 Å². The van der Waals surface area contributed by atoms with Crippen molar-refractivity contribution in [3.63, 3.8) is 0 Å². The number of benzene rings is 1. The minimum atomic E-state index is -0.429. The molecule has 6 heteroatoms. The second-order valence-electron chi connectivity index (χ2n) is 5.05. The van der Waals surface area contributed by atoms with E-state index in [0.29, 0.717) is 11.5 Å². The summed E-state index contributed by atoms with van der Waals surface area (Å²) in [5, 5.41) is 0.0837. The third kappa shape index (κ3) is 2.09. The lowest BCUT2D eigenvalue weighted by atomic mass is 9.84. The molecule has 0 radical (unpaired) electrons. The van der Waals surface area contributed by atoms with Gasteiger partial charge in [-0.3, -0.25) is 0 Å². The van der Waals surface area contributed by atoms with Crippen LogP contribution in [0.25, 0.3) is 11.0 Å². The highest BCUT2D eigenvalue weighted by Gasteiger charge is 2.37. The fraction of sp³-hybridized carbons (Fsp3) is 0.462. The Labute approximate surface area is 120 Å². The minimum absolute atomic E-state index is 0.0837. The van der Waals surface area contributed by atoms with E-state index in [4.69, 9.17) is 17.3 Å². The molecule has 0 saturated heterocycles. The van der Waals surface area contributed by atoms with Crippen LogP contribution in [-0.4, -0.2) is 20.6 Å². The average Bonchev–Trinajstić information content (AvgIpc) is 2.61. The summed E-state index contributed by atoms with van der Waals surface area (Å²) < 4.78 is 15.8. The maximum absolute atomic E-state index is 13.6. The molecule has 3 nitrogen and oxygen atoms in total. The van der Waals surface area contributed by atoms with Crippen molar-refractivity contribution in [2.45, 2.75) is 30.6 Å². The van der Waals surface area contributed by atoms with Crippen LogP contribution in [0.4, 0.5) is 10.3 Å². The van der Waals surface area contributed by atoms with Gasteiger partial charge in [-0.15, -0.1) is 0 Å². The van der Waals surface area contributed by atoms with E-state index in [9.17, 15) is 4.39 Å². The SMILES string of the molecule is CSC1(Cn2c(N)nc3cc(Cl)c(F)cc32)CCC1. The number of aromatic nitrogens is 2. The number of thioether (sulfide) groups is 1. The minimum Gasteiger partial charge on any atom is -0.369 e. The molecule has 1 heterocycles. The molecule has 1 aromatic carbocycles. The Hall–Kier alpha value is -0.940. The summed E-state index contributed by atoms with van der Waals surface area (Å²) in [6.45, 7) is 0.775. The second kappa shape index (κ2) is 4.56. The Balaban J connectivity index is 2.07. The van der Waals surface area contributed by atoms with Gasteiger partial charge in [-0.1, -0.05) is 18.0 Å². The topological polar surface area (TPSA) is 43.8 Å². The number of fused-ring (bicyclic) bond motifs is 1. The van der Waals surface area contributed by atoms with Gasteiger partial charge in [-0.2, -0.15) is 11.8 Å². The number of nitrogens with zero attached hydrogens (tertiary/aromatic N) is 2. The van der Waals surface area contributed by atoms with E-state index in [1.54, 1.807) is 0 Å². The number of imidazole rings is 1. The van der Waals surface area contributed by atoms with Crippen molar-refractivity contribution in [1.82, 2.24) is 9.55 Å². The van der Waals surface area contributed by atoms with E-state index < -0.39 is 5.82 Å². The Morgan fingerprint density at radius 2 is 2.26 bits per heavy atom. The summed E-state index contributed by atoms with van der Waals surface area (Å²) in [4.78, 5) is 4.27. The fourth-order valence-corrected chi connectivity index (χ4v) is 3.70. The Morgan fingerprint density at radius 3 is 2.84 bits per heavy atom. The van der Waals surface area contributed by atoms with Crippen LogP contribution in [0.1, 0.15) is 19.3 Å². The third-order valence-corrected chi connectivity index (χ3v) is 5.66. The zero-order valence-corrected chi connectivity index (χ0v) is 12.2. The van der Waals surface area contributed by atoms with E-state index in [1.807, 2.05) is 16.3 Å². The number of rotatable bonds is 3. The molecule has 0 bridgehead atoms. The number of anilines is 1. The maximum atomic E-state index is 13.6. The molecule has 2 N–H and O–H groups in total. The molecule has 0 unspecified atom stereocenters. The molecule has 1 saturated carbocycles. The lowest BCUT2D eigenvalue weighted by Crippen LogP contribution is -2.38. The number of nitrogen functional groups attached to an aromatic ring is 1. The van der Waals surface area contributed by atoms with Crippen molar-refractivity contribution >= 4 is 40.3 Å². The predicted molar refractivity (Wildman–Crippen MR) is 79.2 cm³/mol. The number of hydrogen-bond donors (Lipinski definition) is 1. The normalized spacial score (nSPS) is 17.6. The summed E-state index contributed by atoms with van der Waals surface area (Å²) in [7, 11) is 0. The monoisotopic (exact) mass is 299 g/mol. The lowest BCUT2D eigenvalue weighted by molar-refractivity contribution is 0.326. The van der Waals surface area contributed by atoms with Gasteiger partial charge >= 0.3 is 0 Å². The lowest BCUT2D eigenvalue weighted by Gasteiger charge is -2.40. The Bertz CT molecular complexity index is 631. The summed E-state index contributed by atoms with van der Waals surface area (Å²) in [6, 6.07) is 2.96. The summed E-state index contributed by atoms with van der Waals surface area (Å²) in [5.41, 5.74) is 7.35. The van der Waals surface area contributed by atoms with Crippen LogP contribution in [0, 0.1) is 5.82 Å². The molecule has 1 fully saturated rings. The van der Waals surface area contributed by atoms with Crippen LogP contribution in [0.2, 0.25) is 5.02 Å². The van der Waals surface area contributed by atoms with Gasteiger partial charge in [0, 0.05) is 17.4 Å². The Kier molecular flexibility index (Phi) is 3.14. The van der Waals surface area contributed by atoms with Gasteiger partial charge in [0.05, 0.1) is 16.1 Å². The first-order valence-electron chi connectivity index (χ1n) is 6.21. The van der Waals surface area contributed by atoms with Crippen LogP contribution in [0.3, 0.4) is 0 Å². The van der Waals surface area contributed by atoms with Crippen LogP contribution in [0.15, 0.2) is 12.1 Å². The van der Waals surface area contributed by atoms with Crippen molar-refractivity contribution < 1.29 is 4.39 Å². The quantitative estimate of drug-likeness (QED) is 0.940. The molecule has 1 aromatic heterocycles. The molecule has 2 aromatic rings. The van der Waals surface area contributed by atoms with Crippen LogP contribution in [0.5, 0.6) is 0 Å². The van der Waals surface area contributed by atoms with E-state index in [2.05, 4.69) is 11.2 Å². The van der Waals surface area contributed by atoms with Crippen molar-refractivity contribution in [3.8, 4) is 0 Å². The third-order valence-electron chi connectivity index (χ3n) is 3.96. The molecule has 3 rings (SSSR count). The zero-order valence-electron chi connectivity index (χ0n) is 10.6. The van der Waals surface area contributed by atoms with Gasteiger partial charge in [-0.25, -0.2) is 9.37 Å². The van der Waals surface area contributed by atoms with E-state index in [0.717, 1.165) is 12.1 Å². The molecule has 0 aliphatic heterocycles. The van der Waals surface area contributed by atoms with Gasteiger partial charge in [-0.05, 0) is 25.2 Å². The smallest absolute Gasteiger partial charge is 0.201 e. The molecular weight excluding hydrogens is 285 g/mol. The Morgan fingerprint density at radius 1 is 1.53 bits per heavy atom.